The number of nitro groups is 1. The van der Waals surface area contributed by atoms with E-state index in [0.717, 1.165) is 12.0 Å². The van der Waals surface area contributed by atoms with Gasteiger partial charge in [0.25, 0.3) is 0 Å². The SMILES string of the molecule is O=C(/C=C/c1ccc(Cl)cc1)Oc1ccc(C2OCCCO2)cc1[N+](=O)[O-]. The average Bonchev–Trinajstić information content (AvgIpc) is 2.68. The van der Waals surface area contributed by atoms with Crippen LogP contribution in [0.5, 0.6) is 5.75 Å². The molecule has 2 aromatic rings. The smallest absolute Gasteiger partial charge is 0.336 e. The summed E-state index contributed by atoms with van der Waals surface area (Å²) >= 11 is 5.80. The fraction of sp³-hybridized carbons (Fsp3) is 0.211. The third-order valence-electron chi connectivity index (χ3n) is 3.77. The van der Waals surface area contributed by atoms with Crippen LogP contribution in [-0.2, 0) is 14.3 Å². The van der Waals surface area contributed by atoms with Gasteiger partial charge in [-0.15, -0.1) is 0 Å². The van der Waals surface area contributed by atoms with Gasteiger partial charge in [0, 0.05) is 22.7 Å². The van der Waals surface area contributed by atoms with Gasteiger partial charge in [-0.2, -0.15) is 0 Å². The quantitative estimate of drug-likeness (QED) is 0.249. The van der Waals surface area contributed by atoms with Crippen LogP contribution in [-0.4, -0.2) is 24.1 Å². The molecule has 1 heterocycles. The topological polar surface area (TPSA) is 87.9 Å². The van der Waals surface area contributed by atoms with E-state index in [2.05, 4.69) is 0 Å². The maximum Gasteiger partial charge on any atom is 0.336 e. The number of rotatable bonds is 5. The largest absolute Gasteiger partial charge is 0.416 e. The number of nitro benzene ring substituents is 1. The Morgan fingerprint density at radius 3 is 2.56 bits per heavy atom. The molecule has 0 atom stereocenters. The molecule has 27 heavy (non-hydrogen) atoms. The van der Waals surface area contributed by atoms with Crippen LogP contribution < -0.4 is 4.74 Å². The summed E-state index contributed by atoms with van der Waals surface area (Å²) in [5.74, 6) is -0.878. The van der Waals surface area contributed by atoms with Crippen LogP contribution in [0.25, 0.3) is 6.08 Å². The number of esters is 1. The van der Waals surface area contributed by atoms with Crippen molar-refractivity contribution in [2.24, 2.45) is 0 Å². The zero-order chi connectivity index (χ0) is 19.2. The van der Waals surface area contributed by atoms with E-state index in [1.165, 1.54) is 24.3 Å². The van der Waals surface area contributed by atoms with Crippen LogP contribution >= 0.6 is 11.6 Å². The van der Waals surface area contributed by atoms with Gasteiger partial charge in [-0.3, -0.25) is 10.1 Å². The third-order valence-corrected chi connectivity index (χ3v) is 4.02. The van der Waals surface area contributed by atoms with Crippen LogP contribution in [0.1, 0.15) is 23.8 Å². The second-order valence-corrected chi connectivity index (χ2v) is 6.15. The summed E-state index contributed by atoms with van der Waals surface area (Å²) in [5, 5.41) is 11.9. The van der Waals surface area contributed by atoms with Gasteiger partial charge in [-0.05, 0) is 42.3 Å². The third kappa shape index (κ3) is 5.13. The van der Waals surface area contributed by atoms with Crippen LogP contribution in [0.2, 0.25) is 5.02 Å². The van der Waals surface area contributed by atoms with E-state index < -0.39 is 17.2 Å². The zero-order valence-electron chi connectivity index (χ0n) is 14.2. The van der Waals surface area contributed by atoms with Crippen LogP contribution in [0, 0.1) is 10.1 Å². The summed E-state index contributed by atoms with van der Waals surface area (Å²) in [6, 6.07) is 11.1. The highest BCUT2D eigenvalue weighted by atomic mass is 35.5. The number of carbonyl (C=O) groups is 1. The lowest BCUT2D eigenvalue weighted by Crippen LogP contribution is -2.18. The van der Waals surface area contributed by atoms with Gasteiger partial charge in [0.05, 0.1) is 18.1 Å². The molecular formula is C19H16ClNO6. The Morgan fingerprint density at radius 2 is 1.89 bits per heavy atom. The molecule has 1 aliphatic heterocycles. The van der Waals surface area contributed by atoms with Gasteiger partial charge in [0.2, 0.25) is 5.75 Å². The fourth-order valence-electron chi connectivity index (χ4n) is 2.47. The van der Waals surface area contributed by atoms with Crippen molar-refractivity contribution in [3.05, 3.63) is 74.8 Å². The maximum atomic E-state index is 12.0. The monoisotopic (exact) mass is 389 g/mol. The van der Waals surface area contributed by atoms with Gasteiger partial charge in [0.15, 0.2) is 6.29 Å². The van der Waals surface area contributed by atoms with Crippen molar-refractivity contribution >= 4 is 29.3 Å². The molecule has 0 saturated carbocycles. The molecule has 0 aromatic heterocycles. The summed E-state index contributed by atoms with van der Waals surface area (Å²) in [7, 11) is 0. The predicted octanol–water partition coefficient (Wildman–Crippen LogP) is 4.30. The Kier molecular flexibility index (Phi) is 6.18. The summed E-state index contributed by atoms with van der Waals surface area (Å²) in [6.45, 7) is 1.04. The molecule has 1 aliphatic rings. The number of halogens is 1. The van der Waals surface area contributed by atoms with E-state index in [9.17, 15) is 14.9 Å². The highest BCUT2D eigenvalue weighted by molar-refractivity contribution is 6.30. The number of benzene rings is 2. The Bertz CT molecular complexity index is 859. The van der Waals surface area contributed by atoms with Crippen molar-refractivity contribution in [1.29, 1.82) is 0 Å². The summed E-state index contributed by atoms with van der Waals surface area (Å²) in [6.07, 6.45) is 2.83. The van der Waals surface area contributed by atoms with Gasteiger partial charge < -0.3 is 14.2 Å². The Labute approximate surface area is 160 Å². The first-order valence-corrected chi connectivity index (χ1v) is 8.58. The van der Waals surface area contributed by atoms with Gasteiger partial charge in [-0.1, -0.05) is 23.7 Å². The zero-order valence-corrected chi connectivity index (χ0v) is 14.9. The Hall–Kier alpha value is -2.74. The first-order chi connectivity index (χ1) is 13.0. The lowest BCUT2D eigenvalue weighted by Gasteiger charge is -2.23. The van der Waals surface area contributed by atoms with Crippen LogP contribution in [0.4, 0.5) is 5.69 Å². The molecule has 1 saturated heterocycles. The molecule has 0 bridgehead atoms. The number of nitrogens with zero attached hydrogens (tertiary/aromatic N) is 1. The lowest BCUT2D eigenvalue weighted by atomic mass is 10.1. The van der Waals surface area contributed by atoms with E-state index >= 15 is 0 Å². The predicted molar refractivity (Wildman–Crippen MR) is 98.5 cm³/mol. The maximum absolute atomic E-state index is 12.0. The molecule has 0 unspecified atom stereocenters. The number of hydrogen-bond donors (Lipinski definition) is 0. The molecule has 1 fully saturated rings. The molecule has 140 valence electrons. The number of hydrogen-bond acceptors (Lipinski definition) is 6. The van der Waals surface area contributed by atoms with Gasteiger partial charge in [0.1, 0.15) is 0 Å². The highest BCUT2D eigenvalue weighted by Crippen LogP contribution is 2.33. The molecule has 7 nitrogen and oxygen atoms in total. The molecule has 0 N–H and O–H groups in total. The first kappa shape index (κ1) is 19.0. The molecule has 0 radical (unpaired) electrons. The second kappa shape index (κ2) is 8.77. The second-order valence-electron chi connectivity index (χ2n) is 5.72. The van der Waals surface area contributed by atoms with Crippen molar-refractivity contribution in [2.75, 3.05) is 13.2 Å². The van der Waals surface area contributed by atoms with E-state index in [1.807, 2.05) is 0 Å². The van der Waals surface area contributed by atoms with Crippen molar-refractivity contribution in [1.82, 2.24) is 0 Å². The molecule has 3 rings (SSSR count). The van der Waals surface area contributed by atoms with Gasteiger partial charge in [-0.25, -0.2) is 4.79 Å². The number of ether oxygens (including phenoxy) is 3. The molecule has 0 amide bonds. The molecule has 0 aliphatic carbocycles. The minimum atomic E-state index is -0.731. The minimum Gasteiger partial charge on any atom is -0.416 e. The van der Waals surface area contributed by atoms with Crippen molar-refractivity contribution in [3.63, 3.8) is 0 Å². The highest BCUT2D eigenvalue weighted by Gasteiger charge is 2.23. The minimum absolute atomic E-state index is 0.148. The molecule has 0 spiro atoms. The van der Waals surface area contributed by atoms with Crippen molar-refractivity contribution in [3.8, 4) is 5.75 Å². The summed E-state index contributed by atoms with van der Waals surface area (Å²) < 4.78 is 16.0. The normalized spacial score (nSPS) is 15.0. The first-order valence-electron chi connectivity index (χ1n) is 8.20. The van der Waals surface area contributed by atoms with Crippen molar-refractivity contribution in [2.45, 2.75) is 12.7 Å². The molecule has 8 heteroatoms. The lowest BCUT2D eigenvalue weighted by molar-refractivity contribution is -0.385. The fourth-order valence-corrected chi connectivity index (χ4v) is 2.60. The van der Waals surface area contributed by atoms with E-state index in [0.29, 0.717) is 23.8 Å². The number of carbonyl (C=O) groups excluding carboxylic acids is 1. The molecule has 2 aromatic carbocycles. The van der Waals surface area contributed by atoms with E-state index in [-0.39, 0.29) is 11.4 Å². The van der Waals surface area contributed by atoms with Crippen LogP contribution in [0.15, 0.2) is 48.5 Å². The van der Waals surface area contributed by atoms with Crippen LogP contribution in [0.3, 0.4) is 0 Å². The van der Waals surface area contributed by atoms with E-state index in [4.69, 9.17) is 25.8 Å². The Balaban J connectivity index is 1.73. The van der Waals surface area contributed by atoms with Gasteiger partial charge >= 0.3 is 11.7 Å². The molecular weight excluding hydrogens is 374 g/mol. The Morgan fingerprint density at radius 1 is 1.19 bits per heavy atom. The van der Waals surface area contributed by atoms with E-state index in [1.54, 1.807) is 30.3 Å². The average molecular weight is 390 g/mol. The van der Waals surface area contributed by atoms with Crippen molar-refractivity contribution < 1.29 is 23.9 Å². The summed E-state index contributed by atoms with van der Waals surface area (Å²) in [5.41, 5.74) is 0.907. The standard InChI is InChI=1S/C19H16ClNO6/c20-15-6-2-13(3-7-15)4-9-18(22)27-17-8-5-14(12-16(17)21(23)24)19-25-10-1-11-26-19/h2-9,12,19H,1,10-11H2/b9-4+. The summed E-state index contributed by atoms with van der Waals surface area (Å²) in [4.78, 5) is 22.7.